The number of hydrogen-bond donors (Lipinski definition) is 0. The molecule has 1 aliphatic rings. The summed E-state index contributed by atoms with van der Waals surface area (Å²) >= 11 is 0. The molecular weight excluding hydrogens is 328 g/mol. The number of benzene rings is 1. The van der Waals surface area contributed by atoms with Crippen LogP contribution in [-0.2, 0) is 6.42 Å². The molecule has 3 heteroatoms. The molecule has 0 spiro atoms. The van der Waals surface area contributed by atoms with E-state index in [1.807, 2.05) is 6.07 Å². The monoisotopic (exact) mass is 353 g/mol. The molecular formula is C23H25F2N. The topological polar surface area (TPSA) is 12.9 Å². The molecule has 1 aromatic carbocycles. The Morgan fingerprint density at radius 1 is 1.19 bits per heavy atom. The fourth-order valence-corrected chi connectivity index (χ4v) is 3.64. The molecule has 0 aliphatic heterocycles. The van der Waals surface area contributed by atoms with Crippen LogP contribution in [-0.4, -0.2) is 4.98 Å². The van der Waals surface area contributed by atoms with Crippen molar-refractivity contribution in [2.45, 2.75) is 39.0 Å². The van der Waals surface area contributed by atoms with E-state index in [4.69, 9.17) is 0 Å². The van der Waals surface area contributed by atoms with Gasteiger partial charge in [0.25, 0.3) is 0 Å². The van der Waals surface area contributed by atoms with Crippen molar-refractivity contribution >= 4 is 0 Å². The summed E-state index contributed by atoms with van der Waals surface area (Å²) in [6.07, 6.45) is 15.2. The Balaban J connectivity index is 1.78. The third kappa shape index (κ3) is 4.66. The van der Waals surface area contributed by atoms with E-state index in [2.05, 4.69) is 36.2 Å². The van der Waals surface area contributed by atoms with E-state index in [0.717, 1.165) is 31.7 Å². The van der Waals surface area contributed by atoms with Gasteiger partial charge in [-0.3, -0.25) is 4.98 Å². The lowest BCUT2D eigenvalue weighted by Gasteiger charge is -2.20. The minimum absolute atomic E-state index is 0.401. The van der Waals surface area contributed by atoms with Crippen LogP contribution in [0.4, 0.5) is 8.78 Å². The molecule has 1 heterocycles. The molecule has 0 N–H and O–H groups in total. The van der Waals surface area contributed by atoms with Crippen molar-refractivity contribution in [3.8, 4) is 11.3 Å². The first-order valence-corrected chi connectivity index (χ1v) is 9.40. The van der Waals surface area contributed by atoms with Crippen LogP contribution in [0.15, 0.2) is 60.8 Å². The average molecular weight is 353 g/mol. The summed E-state index contributed by atoms with van der Waals surface area (Å²) in [6.45, 7) is 2.15. The maximum atomic E-state index is 14.5. The van der Waals surface area contributed by atoms with E-state index in [0.29, 0.717) is 35.1 Å². The first-order valence-electron chi connectivity index (χ1n) is 9.40. The van der Waals surface area contributed by atoms with Gasteiger partial charge in [0.1, 0.15) is 11.6 Å². The van der Waals surface area contributed by atoms with Crippen LogP contribution >= 0.6 is 0 Å². The van der Waals surface area contributed by atoms with Gasteiger partial charge in [-0.2, -0.15) is 0 Å². The molecule has 26 heavy (non-hydrogen) atoms. The maximum absolute atomic E-state index is 14.5. The molecule has 2 aromatic rings. The average Bonchev–Trinajstić information content (AvgIpc) is 2.66. The van der Waals surface area contributed by atoms with E-state index in [1.54, 1.807) is 18.3 Å². The van der Waals surface area contributed by atoms with Crippen LogP contribution in [0.1, 0.15) is 38.2 Å². The van der Waals surface area contributed by atoms with Gasteiger partial charge in [0.05, 0.1) is 5.69 Å². The number of allylic oxidation sites excluding steroid dienone is 4. The molecule has 0 amide bonds. The zero-order valence-corrected chi connectivity index (χ0v) is 15.2. The van der Waals surface area contributed by atoms with Gasteiger partial charge in [-0.15, -0.1) is 0 Å². The Kier molecular flexibility index (Phi) is 6.32. The van der Waals surface area contributed by atoms with Gasteiger partial charge in [-0.05, 0) is 61.3 Å². The quantitative estimate of drug-likeness (QED) is 0.553. The van der Waals surface area contributed by atoms with Crippen LogP contribution in [0.2, 0.25) is 0 Å². The van der Waals surface area contributed by atoms with Crippen LogP contribution < -0.4 is 0 Å². The van der Waals surface area contributed by atoms with E-state index < -0.39 is 11.6 Å². The molecule has 0 saturated heterocycles. The molecule has 1 unspecified atom stereocenters. The highest BCUT2D eigenvalue weighted by Crippen LogP contribution is 2.31. The van der Waals surface area contributed by atoms with Crippen LogP contribution in [0, 0.1) is 23.5 Å². The maximum Gasteiger partial charge on any atom is 0.135 e. The van der Waals surface area contributed by atoms with E-state index in [1.165, 1.54) is 6.07 Å². The van der Waals surface area contributed by atoms with E-state index in [9.17, 15) is 8.78 Å². The molecule has 1 aromatic heterocycles. The third-order valence-electron chi connectivity index (χ3n) is 5.16. The van der Waals surface area contributed by atoms with Crippen molar-refractivity contribution < 1.29 is 8.78 Å². The van der Waals surface area contributed by atoms with Gasteiger partial charge < -0.3 is 0 Å². The molecule has 0 saturated carbocycles. The number of nitrogens with zero attached hydrogens (tertiary/aromatic N) is 1. The second-order valence-electron chi connectivity index (χ2n) is 7.00. The highest BCUT2D eigenvalue weighted by atomic mass is 19.1. The number of rotatable bonds is 7. The van der Waals surface area contributed by atoms with Gasteiger partial charge in [-0.25, -0.2) is 8.78 Å². The lowest BCUT2D eigenvalue weighted by molar-refractivity contribution is 0.414. The zero-order chi connectivity index (χ0) is 18.4. The SMILES string of the molecule is CC[C@H](CCC1C=CC=CC1)Cc1cc(F)cc(F)c1-c1ccccn1. The third-order valence-corrected chi connectivity index (χ3v) is 5.16. The van der Waals surface area contributed by atoms with Crippen LogP contribution in [0.25, 0.3) is 11.3 Å². The largest absolute Gasteiger partial charge is 0.256 e. The Morgan fingerprint density at radius 2 is 2.08 bits per heavy atom. The Morgan fingerprint density at radius 3 is 2.77 bits per heavy atom. The summed E-state index contributed by atoms with van der Waals surface area (Å²) in [5.41, 5.74) is 1.72. The molecule has 1 aliphatic carbocycles. The fourth-order valence-electron chi connectivity index (χ4n) is 3.64. The van der Waals surface area contributed by atoms with Gasteiger partial charge in [0.15, 0.2) is 0 Å². The summed E-state index contributed by atoms with van der Waals surface area (Å²) < 4.78 is 28.4. The molecule has 2 atom stereocenters. The van der Waals surface area contributed by atoms with Crippen LogP contribution in [0.3, 0.4) is 0 Å². The number of halogens is 2. The minimum atomic E-state index is -0.533. The number of hydrogen-bond acceptors (Lipinski definition) is 1. The van der Waals surface area contributed by atoms with Gasteiger partial charge in [-0.1, -0.05) is 43.7 Å². The highest BCUT2D eigenvalue weighted by Gasteiger charge is 2.18. The van der Waals surface area contributed by atoms with Crippen molar-refractivity contribution in [2.24, 2.45) is 11.8 Å². The summed E-state index contributed by atoms with van der Waals surface area (Å²) in [6, 6.07) is 7.83. The predicted molar refractivity (Wildman–Crippen MR) is 103 cm³/mol. The van der Waals surface area contributed by atoms with Crippen molar-refractivity contribution in [1.29, 1.82) is 0 Å². The standard InChI is InChI=1S/C23H25F2N/c1-2-17(11-12-18-8-4-3-5-9-18)14-19-15-20(24)16-21(25)23(19)22-10-6-7-13-26-22/h3-8,10,13,15-18H,2,9,11-12,14H2,1H3/t17-,18?/m1/s1. The highest BCUT2D eigenvalue weighted by molar-refractivity contribution is 5.64. The first kappa shape index (κ1) is 18.5. The predicted octanol–water partition coefficient (Wildman–Crippen LogP) is 6.51. The summed E-state index contributed by atoms with van der Waals surface area (Å²) in [7, 11) is 0. The van der Waals surface area contributed by atoms with Gasteiger partial charge in [0.2, 0.25) is 0 Å². The van der Waals surface area contributed by atoms with Crippen molar-refractivity contribution in [2.75, 3.05) is 0 Å². The second-order valence-corrected chi connectivity index (χ2v) is 7.00. The summed E-state index contributed by atoms with van der Waals surface area (Å²) in [5.74, 6) is -0.0761. The number of aromatic nitrogens is 1. The first-order chi connectivity index (χ1) is 12.7. The van der Waals surface area contributed by atoms with E-state index in [-0.39, 0.29) is 0 Å². The van der Waals surface area contributed by atoms with Gasteiger partial charge >= 0.3 is 0 Å². The molecule has 0 radical (unpaired) electrons. The Hall–Kier alpha value is -2.29. The molecule has 3 rings (SSSR count). The fraction of sp³-hybridized carbons (Fsp3) is 0.348. The second kappa shape index (κ2) is 8.88. The lowest BCUT2D eigenvalue weighted by atomic mass is 9.85. The molecule has 0 bridgehead atoms. The lowest BCUT2D eigenvalue weighted by Crippen LogP contribution is -2.09. The molecule has 0 fully saturated rings. The normalized spacial score (nSPS) is 17.4. The summed E-state index contributed by atoms with van der Waals surface area (Å²) in [5, 5.41) is 0. The molecule has 136 valence electrons. The Bertz CT molecular complexity index is 780. The van der Waals surface area contributed by atoms with Crippen LogP contribution in [0.5, 0.6) is 0 Å². The minimum Gasteiger partial charge on any atom is -0.256 e. The van der Waals surface area contributed by atoms with Crippen molar-refractivity contribution in [1.82, 2.24) is 4.98 Å². The van der Waals surface area contributed by atoms with E-state index >= 15 is 0 Å². The van der Waals surface area contributed by atoms with Gasteiger partial charge in [0, 0.05) is 17.8 Å². The Labute approximate surface area is 154 Å². The summed E-state index contributed by atoms with van der Waals surface area (Å²) in [4.78, 5) is 4.27. The smallest absolute Gasteiger partial charge is 0.135 e. The molecule has 1 nitrogen and oxygen atoms in total. The van der Waals surface area contributed by atoms with Crippen molar-refractivity contribution in [3.05, 3.63) is 78.0 Å². The number of pyridine rings is 1. The zero-order valence-electron chi connectivity index (χ0n) is 15.2. The van der Waals surface area contributed by atoms with Crippen molar-refractivity contribution in [3.63, 3.8) is 0 Å².